The Morgan fingerprint density at radius 2 is 1.90 bits per heavy atom. The lowest BCUT2D eigenvalue weighted by atomic mass is 10.1. The summed E-state index contributed by atoms with van der Waals surface area (Å²) < 4.78 is 0. The number of unbranched alkanes of at least 4 members (excludes halogenated alkanes) is 1. The van der Waals surface area contributed by atoms with Gasteiger partial charge in [-0.15, -0.1) is 0 Å². The summed E-state index contributed by atoms with van der Waals surface area (Å²) >= 11 is 0. The maximum atomic E-state index is 12.0. The van der Waals surface area contributed by atoms with Gasteiger partial charge >= 0.3 is 0 Å². The topological polar surface area (TPSA) is 71.1 Å². The van der Waals surface area contributed by atoms with Crippen LogP contribution in [0.3, 0.4) is 0 Å². The first-order valence-corrected chi connectivity index (χ1v) is 7.57. The van der Waals surface area contributed by atoms with Crippen LogP contribution in [0.1, 0.15) is 60.9 Å². The molecule has 0 saturated heterocycles. The van der Waals surface area contributed by atoms with Gasteiger partial charge in [0.25, 0.3) is 11.8 Å². The molecule has 0 aliphatic rings. The number of carbonyl (C=O) groups excluding carboxylic acids is 2. The number of hydrogen-bond donors (Lipinski definition) is 2. The Morgan fingerprint density at radius 3 is 2.57 bits per heavy atom. The average molecular weight is 291 g/mol. The van der Waals surface area contributed by atoms with E-state index in [0.29, 0.717) is 24.6 Å². The zero-order chi connectivity index (χ0) is 15.7. The summed E-state index contributed by atoms with van der Waals surface area (Å²) in [5, 5.41) is 5.64. The average Bonchev–Trinajstić information content (AvgIpc) is 2.47. The normalized spacial score (nSPS) is 10.5. The van der Waals surface area contributed by atoms with Gasteiger partial charge in [0.15, 0.2) is 0 Å². The fraction of sp³-hybridized carbons (Fsp3) is 0.562. The molecule has 0 bridgehead atoms. The summed E-state index contributed by atoms with van der Waals surface area (Å²) in [5.41, 5.74) is 0.747. The molecule has 0 aromatic carbocycles. The Labute approximate surface area is 126 Å². The van der Waals surface area contributed by atoms with Gasteiger partial charge in [-0.25, -0.2) is 0 Å². The van der Waals surface area contributed by atoms with Gasteiger partial charge in [-0.2, -0.15) is 0 Å². The Balaban J connectivity index is 2.58. The predicted octanol–water partition coefficient (Wildman–Crippen LogP) is 2.39. The number of rotatable bonds is 8. The van der Waals surface area contributed by atoms with Gasteiger partial charge in [0.2, 0.25) is 0 Å². The standard InChI is InChI=1S/C16H25N3O2/c1-4-5-8-18-16(21)14-11-13(7-10-17-14)15(20)19-9-6-12(2)3/h7,10-12H,4-6,8-9H2,1-3H3,(H,18,21)(H,19,20). The van der Waals surface area contributed by atoms with Gasteiger partial charge in [0.1, 0.15) is 5.69 Å². The Kier molecular flexibility index (Phi) is 7.43. The van der Waals surface area contributed by atoms with E-state index in [0.717, 1.165) is 19.3 Å². The highest BCUT2D eigenvalue weighted by molar-refractivity contribution is 5.98. The molecule has 0 fully saturated rings. The molecule has 0 spiro atoms. The highest BCUT2D eigenvalue weighted by Gasteiger charge is 2.11. The highest BCUT2D eigenvalue weighted by atomic mass is 16.2. The second kappa shape index (κ2) is 9.10. The Hall–Kier alpha value is -1.91. The van der Waals surface area contributed by atoms with Gasteiger partial charge in [-0.3, -0.25) is 14.6 Å². The minimum atomic E-state index is -0.236. The van der Waals surface area contributed by atoms with E-state index in [1.54, 1.807) is 6.07 Å². The summed E-state index contributed by atoms with van der Waals surface area (Å²) in [4.78, 5) is 27.9. The summed E-state index contributed by atoms with van der Waals surface area (Å²) in [6.45, 7) is 7.54. The lowest BCUT2D eigenvalue weighted by Gasteiger charge is -2.08. The molecule has 5 nitrogen and oxygen atoms in total. The number of nitrogens with one attached hydrogen (secondary N) is 2. The van der Waals surface area contributed by atoms with Crippen molar-refractivity contribution in [2.45, 2.75) is 40.0 Å². The Morgan fingerprint density at radius 1 is 1.19 bits per heavy atom. The molecule has 1 rings (SSSR count). The van der Waals surface area contributed by atoms with E-state index < -0.39 is 0 Å². The van der Waals surface area contributed by atoms with Crippen LogP contribution in [0.15, 0.2) is 18.3 Å². The molecule has 2 amide bonds. The zero-order valence-corrected chi connectivity index (χ0v) is 13.1. The summed E-state index contributed by atoms with van der Waals surface area (Å²) in [5.74, 6) is 0.142. The Bertz CT molecular complexity index is 472. The quantitative estimate of drug-likeness (QED) is 0.722. The fourth-order valence-electron chi connectivity index (χ4n) is 1.74. The summed E-state index contributed by atoms with van der Waals surface area (Å²) in [7, 11) is 0. The number of aromatic nitrogens is 1. The zero-order valence-electron chi connectivity index (χ0n) is 13.1. The second-order valence-corrected chi connectivity index (χ2v) is 5.48. The van der Waals surface area contributed by atoms with Crippen LogP contribution in [0.4, 0.5) is 0 Å². The van der Waals surface area contributed by atoms with Crippen molar-refractivity contribution in [2.24, 2.45) is 5.92 Å². The molecule has 116 valence electrons. The lowest BCUT2D eigenvalue weighted by Crippen LogP contribution is -2.27. The van der Waals surface area contributed by atoms with Gasteiger partial charge < -0.3 is 10.6 Å². The van der Waals surface area contributed by atoms with Gasteiger partial charge in [-0.05, 0) is 30.9 Å². The van der Waals surface area contributed by atoms with Crippen molar-refractivity contribution in [1.29, 1.82) is 0 Å². The van der Waals surface area contributed by atoms with Crippen molar-refractivity contribution in [1.82, 2.24) is 15.6 Å². The predicted molar refractivity (Wildman–Crippen MR) is 83.3 cm³/mol. The van der Waals surface area contributed by atoms with Crippen molar-refractivity contribution in [3.63, 3.8) is 0 Å². The maximum absolute atomic E-state index is 12.0. The summed E-state index contributed by atoms with van der Waals surface area (Å²) in [6, 6.07) is 3.15. The molecule has 1 heterocycles. The van der Waals surface area contributed by atoms with E-state index >= 15 is 0 Å². The largest absolute Gasteiger partial charge is 0.352 e. The lowest BCUT2D eigenvalue weighted by molar-refractivity contribution is 0.0948. The SMILES string of the molecule is CCCCNC(=O)c1cc(C(=O)NCCC(C)C)ccn1. The van der Waals surface area contributed by atoms with Crippen LogP contribution in [-0.4, -0.2) is 29.9 Å². The molecule has 0 saturated carbocycles. The minimum absolute atomic E-state index is 0.166. The fourth-order valence-corrected chi connectivity index (χ4v) is 1.74. The third-order valence-corrected chi connectivity index (χ3v) is 3.08. The maximum Gasteiger partial charge on any atom is 0.269 e. The van der Waals surface area contributed by atoms with E-state index in [1.165, 1.54) is 12.3 Å². The molecule has 0 aliphatic carbocycles. The van der Waals surface area contributed by atoms with Crippen LogP contribution >= 0.6 is 0 Å². The number of hydrogen-bond acceptors (Lipinski definition) is 3. The van der Waals surface area contributed by atoms with Crippen molar-refractivity contribution in [3.05, 3.63) is 29.6 Å². The molecule has 0 atom stereocenters. The third kappa shape index (κ3) is 6.38. The first kappa shape index (κ1) is 17.1. The van der Waals surface area contributed by atoms with E-state index in [2.05, 4.69) is 36.4 Å². The molecule has 1 aromatic rings. The van der Waals surface area contributed by atoms with Crippen LogP contribution < -0.4 is 10.6 Å². The van der Waals surface area contributed by atoms with Gasteiger partial charge in [0, 0.05) is 24.8 Å². The molecule has 0 unspecified atom stereocenters. The molecular weight excluding hydrogens is 266 g/mol. The van der Waals surface area contributed by atoms with Crippen molar-refractivity contribution in [3.8, 4) is 0 Å². The molecule has 2 N–H and O–H groups in total. The molecule has 0 aliphatic heterocycles. The number of nitrogens with zero attached hydrogens (tertiary/aromatic N) is 1. The number of pyridine rings is 1. The smallest absolute Gasteiger partial charge is 0.269 e. The van der Waals surface area contributed by atoms with Crippen molar-refractivity contribution < 1.29 is 9.59 Å². The van der Waals surface area contributed by atoms with E-state index in [4.69, 9.17) is 0 Å². The minimum Gasteiger partial charge on any atom is -0.352 e. The number of carbonyl (C=O) groups is 2. The molecule has 1 aromatic heterocycles. The van der Waals surface area contributed by atoms with Crippen LogP contribution in [0.25, 0.3) is 0 Å². The van der Waals surface area contributed by atoms with E-state index in [9.17, 15) is 9.59 Å². The molecule has 0 radical (unpaired) electrons. The first-order valence-electron chi connectivity index (χ1n) is 7.57. The molecule has 21 heavy (non-hydrogen) atoms. The van der Waals surface area contributed by atoms with Crippen LogP contribution in [0, 0.1) is 5.92 Å². The monoisotopic (exact) mass is 291 g/mol. The first-order chi connectivity index (χ1) is 10.0. The molecule has 5 heteroatoms. The highest BCUT2D eigenvalue weighted by Crippen LogP contribution is 2.03. The van der Waals surface area contributed by atoms with Gasteiger partial charge in [-0.1, -0.05) is 27.2 Å². The number of amides is 2. The third-order valence-electron chi connectivity index (χ3n) is 3.08. The van der Waals surface area contributed by atoms with Crippen molar-refractivity contribution in [2.75, 3.05) is 13.1 Å². The van der Waals surface area contributed by atoms with Crippen molar-refractivity contribution >= 4 is 11.8 Å². The summed E-state index contributed by atoms with van der Waals surface area (Å²) in [6.07, 6.45) is 4.38. The van der Waals surface area contributed by atoms with E-state index in [1.807, 2.05) is 0 Å². The van der Waals surface area contributed by atoms with Crippen LogP contribution in [0.2, 0.25) is 0 Å². The molecular formula is C16H25N3O2. The van der Waals surface area contributed by atoms with E-state index in [-0.39, 0.29) is 17.5 Å². The van der Waals surface area contributed by atoms with Crippen LogP contribution in [0.5, 0.6) is 0 Å². The van der Waals surface area contributed by atoms with Gasteiger partial charge in [0.05, 0.1) is 0 Å². The second-order valence-electron chi connectivity index (χ2n) is 5.48. The van der Waals surface area contributed by atoms with Crippen LogP contribution in [-0.2, 0) is 0 Å².